The zero-order valence-corrected chi connectivity index (χ0v) is 17.0. The van der Waals surface area contributed by atoms with E-state index in [9.17, 15) is 4.79 Å². The number of ether oxygens (including phenoxy) is 1. The number of anilines is 1. The fourth-order valence-electron chi connectivity index (χ4n) is 2.76. The number of aromatic nitrogens is 4. The Bertz CT molecular complexity index is 1130. The number of nitrogens with one attached hydrogen (secondary N) is 2. The van der Waals surface area contributed by atoms with Crippen molar-refractivity contribution in [2.75, 3.05) is 11.1 Å². The first-order valence-electron chi connectivity index (χ1n) is 9.26. The van der Waals surface area contributed by atoms with Gasteiger partial charge in [-0.1, -0.05) is 23.9 Å². The second-order valence-corrected chi connectivity index (χ2v) is 7.46. The summed E-state index contributed by atoms with van der Waals surface area (Å²) in [5.41, 5.74) is 3.36. The Labute approximate surface area is 177 Å². The molecule has 150 valence electrons. The van der Waals surface area contributed by atoms with Crippen LogP contribution in [-0.2, 0) is 4.79 Å². The van der Waals surface area contributed by atoms with Gasteiger partial charge in [-0.2, -0.15) is 10.3 Å². The van der Waals surface area contributed by atoms with Gasteiger partial charge in [-0.05, 0) is 61.0 Å². The number of aromatic amines is 1. The molecule has 0 aliphatic heterocycles. The van der Waals surface area contributed by atoms with E-state index in [1.807, 2.05) is 67.6 Å². The summed E-state index contributed by atoms with van der Waals surface area (Å²) < 4.78 is 5.83. The van der Waals surface area contributed by atoms with Crippen molar-refractivity contribution in [2.24, 2.45) is 0 Å². The molecular weight excluding hydrogens is 398 g/mol. The minimum Gasteiger partial charge on any atom is -0.457 e. The first kappa shape index (κ1) is 19.7. The highest BCUT2D eigenvalue weighted by Crippen LogP contribution is 2.27. The van der Waals surface area contributed by atoms with Crippen LogP contribution in [0.15, 0.2) is 78.1 Å². The summed E-state index contributed by atoms with van der Waals surface area (Å²) >= 11 is 1.31. The fraction of sp³-hybridized carbons (Fsp3) is 0.0909. The van der Waals surface area contributed by atoms with Crippen LogP contribution in [0.5, 0.6) is 11.5 Å². The van der Waals surface area contributed by atoms with E-state index in [-0.39, 0.29) is 11.7 Å². The number of carbonyl (C=O) groups excluding carboxylic acids is 1. The van der Waals surface area contributed by atoms with Crippen molar-refractivity contribution in [3.63, 3.8) is 0 Å². The van der Waals surface area contributed by atoms with E-state index in [1.165, 1.54) is 11.8 Å². The Morgan fingerprint density at radius 1 is 1.07 bits per heavy atom. The summed E-state index contributed by atoms with van der Waals surface area (Å²) in [6.45, 7) is 2.02. The van der Waals surface area contributed by atoms with E-state index in [0.717, 1.165) is 16.9 Å². The van der Waals surface area contributed by atoms with Gasteiger partial charge >= 0.3 is 0 Å². The molecule has 0 aliphatic rings. The zero-order valence-electron chi connectivity index (χ0n) is 16.2. The molecule has 30 heavy (non-hydrogen) atoms. The number of thioether (sulfide) groups is 1. The minimum atomic E-state index is -0.132. The molecule has 0 saturated heterocycles. The van der Waals surface area contributed by atoms with Gasteiger partial charge in [0.05, 0.1) is 5.75 Å². The molecule has 7 nitrogen and oxygen atoms in total. The predicted molar refractivity (Wildman–Crippen MR) is 117 cm³/mol. The third-order valence-electron chi connectivity index (χ3n) is 4.15. The lowest BCUT2D eigenvalue weighted by Gasteiger charge is -2.08. The van der Waals surface area contributed by atoms with Crippen molar-refractivity contribution in [1.29, 1.82) is 0 Å². The molecule has 8 heteroatoms. The number of hydrogen-bond acceptors (Lipinski definition) is 6. The van der Waals surface area contributed by atoms with Crippen LogP contribution in [0, 0.1) is 6.92 Å². The van der Waals surface area contributed by atoms with Gasteiger partial charge < -0.3 is 10.1 Å². The quantitative estimate of drug-likeness (QED) is 0.424. The Morgan fingerprint density at radius 3 is 2.70 bits per heavy atom. The van der Waals surface area contributed by atoms with Crippen molar-refractivity contribution in [3.05, 3.63) is 78.6 Å². The molecule has 0 spiro atoms. The van der Waals surface area contributed by atoms with Crippen LogP contribution in [0.1, 0.15) is 5.56 Å². The lowest BCUT2D eigenvalue weighted by molar-refractivity contribution is -0.113. The van der Waals surface area contributed by atoms with Gasteiger partial charge in [0.1, 0.15) is 22.2 Å². The summed E-state index contributed by atoms with van der Waals surface area (Å²) in [7, 11) is 0. The van der Waals surface area contributed by atoms with E-state index in [2.05, 4.69) is 25.7 Å². The molecule has 2 aromatic heterocycles. The number of pyridine rings is 1. The third-order valence-corrected chi connectivity index (χ3v) is 5.12. The Balaban J connectivity index is 1.32. The SMILES string of the molecule is Cc1cccc(Oc2ccc(NC(=O)CSc3n[nH]nc3-c3cccnc3)cc2)c1. The molecule has 0 saturated carbocycles. The normalized spacial score (nSPS) is 10.6. The van der Waals surface area contributed by atoms with E-state index in [4.69, 9.17) is 4.74 Å². The maximum absolute atomic E-state index is 12.3. The van der Waals surface area contributed by atoms with E-state index < -0.39 is 0 Å². The van der Waals surface area contributed by atoms with Gasteiger partial charge in [0.2, 0.25) is 5.91 Å². The van der Waals surface area contributed by atoms with Crippen LogP contribution in [0.2, 0.25) is 0 Å². The lowest BCUT2D eigenvalue weighted by atomic mass is 10.2. The Kier molecular flexibility index (Phi) is 6.05. The minimum absolute atomic E-state index is 0.132. The average molecular weight is 417 g/mol. The second-order valence-electron chi connectivity index (χ2n) is 6.50. The van der Waals surface area contributed by atoms with Gasteiger partial charge in [-0.15, -0.1) is 5.10 Å². The van der Waals surface area contributed by atoms with Crippen molar-refractivity contribution < 1.29 is 9.53 Å². The van der Waals surface area contributed by atoms with E-state index >= 15 is 0 Å². The number of aryl methyl sites for hydroxylation is 1. The highest BCUT2D eigenvalue weighted by atomic mass is 32.2. The number of H-pyrrole nitrogens is 1. The van der Waals surface area contributed by atoms with E-state index in [1.54, 1.807) is 12.4 Å². The number of rotatable bonds is 7. The topological polar surface area (TPSA) is 92.8 Å². The molecule has 1 amide bonds. The van der Waals surface area contributed by atoms with Crippen LogP contribution in [0.4, 0.5) is 5.69 Å². The average Bonchev–Trinajstić information content (AvgIpc) is 3.23. The molecule has 0 unspecified atom stereocenters. The maximum atomic E-state index is 12.3. The van der Waals surface area contributed by atoms with Crippen molar-refractivity contribution in [1.82, 2.24) is 20.4 Å². The molecule has 0 aliphatic carbocycles. The molecule has 2 N–H and O–H groups in total. The largest absolute Gasteiger partial charge is 0.457 e. The number of benzene rings is 2. The predicted octanol–water partition coefficient (Wildman–Crippen LogP) is 4.70. The number of hydrogen-bond donors (Lipinski definition) is 2. The standard InChI is InChI=1S/C22H19N5O2S/c1-15-4-2-6-19(12-15)29-18-9-7-17(8-10-18)24-20(28)14-30-22-21(25-27-26-22)16-5-3-11-23-13-16/h2-13H,14H2,1H3,(H,24,28)(H,25,26,27). The van der Waals surface area contributed by atoms with Gasteiger partial charge in [0.15, 0.2) is 0 Å². The highest BCUT2D eigenvalue weighted by Gasteiger charge is 2.13. The second kappa shape index (κ2) is 9.23. The summed E-state index contributed by atoms with van der Waals surface area (Å²) in [4.78, 5) is 16.4. The summed E-state index contributed by atoms with van der Waals surface area (Å²) in [5, 5.41) is 14.4. The number of nitrogens with zero attached hydrogens (tertiary/aromatic N) is 3. The smallest absolute Gasteiger partial charge is 0.234 e. The summed E-state index contributed by atoms with van der Waals surface area (Å²) in [6, 6.07) is 18.8. The molecule has 0 fully saturated rings. The first-order valence-corrected chi connectivity index (χ1v) is 10.2. The van der Waals surface area contributed by atoms with E-state index in [0.29, 0.717) is 22.2 Å². The molecule has 2 aromatic carbocycles. The van der Waals surface area contributed by atoms with Crippen LogP contribution in [0.25, 0.3) is 11.3 Å². The zero-order chi connectivity index (χ0) is 20.8. The van der Waals surface area contributed by atoms with Gasteiger partial charge in [0.25, 0.3) is 0 Å². The van der Waals surface area contributed by atoms with Crippen LogP contribution in [0.3, 0.4) is 0 Å². The van der Waals surface area contributed by atoms with Crippen LogP contribution >= 0.6 is 11.8 Å². The molecule has 4 rings (SSSR count). The summed E-state index contributed by atoms with van der Waals surface area (Å²) in [6.07, 6.45) is 3.41. The monoisotopic (exact) mass is 417 g/mol. The van der Waals surface area contributed by atoms with Crippen molar-refractivity contribution >= 4 is 23.4 Å². The Hall–Kier alpha value is -3.65. The van der Waals surface area contributed by atoms with Gasteiger partial charge in [0, 0.05) is 23.6 Å². The highest BCUT2D eigenvalue weighted by molar-refractivity contribution is 8.00. The molecule has 2 heterocycles. The number of carbonyl (C=O) groups is 1. The number of amides is 1. The lowest BCUT2D eigenvalue weighted by Crippen LogP contribution is -2.14. The van der Waals surface area contributed by atoms with Gasteiger partial charge in [-0.3, -0.25) is 9.78 Å². The molecule has 0 radical (unpaired) electrons. The van der Waals surface area contributed by atoms with Crippen molar-refractivity contribution in [2.45, 2.75) is 11.9 Å². The summed E-state index contributed by atoms with van der Waals surface area (Å²) in [5.74, 6) is 1.56. The molecule has 0 atom stereocenters. The maximum Gasteiger partial charge on any atom is 0.234 e. The first-order chi connectivity index (χ1) is 14.7. The molecular formula is C22H19N5O2S. The Morgan fingerprint density at radius 2 is 1.93 bits per heavy atom. The molecule has 4 aromatic rings. The third kappa shape index (κ3) is 5.03. The fourth-order valence-corrected chi connectivity index (χ4v) is 3.51. The van der Waals surface area contributed by atoms with Crippen LogP contribution < -0.4 is 10.1 Å². The van der Waals surface area contributed by atoms with Gasteiger partial charge in [-0.25, -0.2) is 0 Å². The van der Waals surface area contributed by atoms with Crippen LogP contribution in [-0.4, -0.2) is 32.1 Å². The van der Waals surface area contributed by atoms with Crippen molar-refractivity contribution in [3.8, 4) is 22.8 Å². The molecule has 0 bridgehead atoms.